The van der Waals surface area contributed by atoms with Crippen molar-refractivity contribution in [1.29, 1.82) is 0 Å². The third-order valence-corrected chi connectivity index (χ3v) is 7.14. The maximum absolute atomic E-state index is 13.1. The van der Waals surface area contributed by atoms with Gasteiger partial charge in [0.25, 0.3) is 0 Å². The van der Waals surface area contributed by atoms with Gasteiger partial charge in [-0.15, -0.1) is 12.4 Å². The lowest BCUT2D eigenvalue weighted by molar-refractivity contribution is 0.179. The van der Waals surface area contributed by atoms with Crippen molar-refractivity contribution in [3.63, 3.8) is 0 Å². The molecule has 2 saturated heterocycles. The van der Waals surface area contributed by atoms with E-state index >= 15 is 0 Å². The van der Waals surface area contributed by atoms with E-state index < -0.39 is 10.0 Å². The van der Waals surface area contributed by atoms with Crippen LogP contribution in [0.25, 0.3) is 5.69 Å². The molecule has 154 valence electrons. The molecule has 0 radical (unpaired) electrons. The summed E-state index contributed by atoms with van der Waals surface area (Å²) in [6.45, 7) is 4.98. The van der Waals surface area contributed by atoms with Crippen LogP contribution in [0.5, 0.6) is 5.75 Å². The Bertz CT molecular complexity index is 898. The Morgan fingerprint density at radius 1 is 1.18 bits per heavy atom. The first-order valence-corrected chi connectivity index (χ1v) is 10.7. The van der Waals surface area contributed by atoms with E-state index in [4.69, 9.17) is 4.74 Å². The lowest BCUT2D eigenvalue weighted by Gasteiger charge is -2.32. The molecule has 2 aromatic rings. The largest absolute Gasteiger partial charge is 0.494 e. The zero-order valence-electron chi connectivity index (χ0n) is 15.8. The van der Waals surface area contributed by atoms with Gasteiger partial charge in [0, 0.05) is 45.3 Å². The van der Waals surface area contributed by atoms with Gasteiger partial charge in [-0.2, -0.15) is 9.40 Å². The number of hydrogen-bond acceptors (Lipinski definition) is 6. The molecular formula is C18H26ClN5O3S. The van der Waals surface area contributed by atoms with E-state index in [0.717, 1.165) is 32.6 Å². The first-order chi connectivity index (χ1) is 13.1. The molecule has 1 aromatic carbocycles. The fourth-order valence-electron chi connectivity index (χ4n) is 3.81. The molecule has 2 aliphatic heterocycles. The van der Waals surface area contributed by atoms with E-state index in [-0.39, 0.29) is 17.3 Å². The number of halogens is 1. The maximum Gasteiger partial charge on any atom is 0.246 e. The molecular weight excluding hydrogens is 402 g/mol. The van der Waals surface area contributed by atoms with Crippen LogP contribution in [0.15, 0.2) is 41.6 Å². The number of nitrogens with one attached hydrogen (secondary N) is 1. The summed E-state index contributed by atoms with van der Waals surface area (Å²) >= 11 is 0. The standard InChI is InChI=1S/C18H25N5O3S.ClH/c1-26-18-5-3-2-4-17(18)23-14-16(12-20-23)27(24,25)22-9-6-15(13-22)21-10-7-19-8-11-21;/h2-5,12,14-15,19H,6-11,13H2,1H3;1H. The second-order valence-corrected chi connectivity index (χ2v) is 8.82. The SMILES string of the molecule is COc1ccccc1-n1cc(S(=O)(=O)N2CCC(N3CCNCC3)C2)cn1.Cl. The van der Waals surface area contributed by atoms with Gasteiger partial charge in [-0.3, -0.25) is 4.90 Å². The minimum absolute atomic E-state index is 0. The van der Waals surface area contributed by atoms with E-state index in [1.807, 2.05) is 24.3 Å². The molecule has 3 heterocycles. The summed E-state index contributed by atoms with van der Waals surface area (Å²) in [5, 5.41) is 7.59. The molecule has 2 fully saturated rings. The number of rotatable bonds is 5. The smallest absolute Gasteiger partial charge is 0.246 e. The molecule has 4 rings (SSSR count). The van der Waals surface area contributed by atoms with Crippen molar-refractivity contribution in [3.8, 4) is 11.4 Å². The third-order valence-electron chi connectivity index (χ3n) is 5.32. The summed E-state index contributed by atoms with van der Waals surface area (Å²) in [7, 11) is -1.97. The van der Waals surface area contributed by atoms with Crippen LogP contribution < -0.4 is 10.1 Å². The van der Waals surface area contributed by atoms with E-state index in [9.17, 15) is 8.42 Å². The molecule has 28 heavy (non-hydrogen) atoms. The number of methoxy groups -OCH3 is 1. The van der Waals surface area contributed by atoms with Gasteiger partial charge in [0.15, 0.2) is 0 Å². The quantitative estimate of drug-likeness (QED) is 0.766. The summed E-state index contributed by atoms with van der Waals surface area (Å²) in [6, 6.07) is 7.70. The first kappa shape index (κ1) is 21.1. The van der Waals surface area contributed by atoms with Gasteiger partial charge < -0.3 is 10.1 Å². The fraction of sp³-hybridized carbons (Fsp3) is 0.500. The van der Waals surface area contributed by atoms with Crippen molar-refractivity contribution in [3.05, 3.63) is 36.7 Å². The zero-order chi connectivity index (χ0) is 18.9. The molecule has 10 heteroatoms. The Morgan fingerprint density at radius 2 is 1.93 bits per heavy atom. The molecule has 1 unspecified atom stereocenters. The summed E-state index contributed by atoms with van der Waals surface area (Å²) in [4.78, 5) is 2.61. The topological polar surface area (TPSA) is 79.7 Å². The van der Waals surface area contributed by atoms with Crippen LogP contribution in [0.3, 0.4) is 0 Å². The Kier molecular flexibility index (Phi) is 6.61. The fourth-order valence-corrected chi connectivity index (χ4v) is 5.24. The first-order valence-electron chi connectivity index (χ1n) is 9.22. The van der Waals surface area contributed by atoms with Crippen LogP contribution in [0.4, 0.5) is 0 Å². The average Bonchev–Trinajstić information content (AvgIpc) is 3.39. The van der Waals surface area contributed by atoms with Crippen LogP contribution in [-0.4, -0.2) is 79.8 Å². The second-order valence-electron chi connectivity index (χ2n) is 6.88. The predicted octanol–water partition coefficient (Wildman–Crippen LogP) is 0.971. The van der Waals surface area contributed by atoms with Gasteiger partial charge >= 0.3 is 0 Å². The number of piperazine rings is 1. The Labute approximate surface area is 171 Å². The van der Waals surface area contributed by atoms with Crippen LogP contribution in [-0.2, 0) is 10.0 Å². The molecule has 0 saturated carbocycles. The summed E-state index contributed by atoms with van der Waals surface area (Å²) in [6.07, 6.45) is 3.85. The van der Waals surface area contributed by atoms with Crippen molar-refractivity contribution >= 4 is 22.4 Å². The maximum atomic E-state index is 13.1. The lowest BCUT2D eigenvalue weighted by Crippen LogP contribution is -2.49. The molecule has 0 bridgehead atoms. The minimum atomic E-state index is -3.55. The number of hydrogen-bond donors (Lipinski definition) is 1. The highest BCUT2D eigenvalue weighted by atomic mass is 35.5. The van der Waals surface area contributed by atoms with E-state index in [1.54, 1.807) is 22.3 Å². The number of aromatic nitrogens is 2. The third kappa shape index (κ3) is 4.04. The van der Waals surface area contributed by atoms with Gasteiger partial charge in [0.05, 0.1) is 19.5 Å². The van der Waals surface area contributed by atoms with Gasteiger partial charge in [-0.1, -0.05) is 12.1 Å². The number of benzene rings is 1. The highest BCUT2D eigenvalue weighted by molar-refractivity contribution is 7.89. The number of para-hydroxylation sites is 2. The molecule has 1 atom stereocenters. The van der Waals surface area contributed by atoms with Crippen molar-refractivity contribution in [2.75, 3.05) is 46.4 Å². The Morgan fingerprint density at radius 3 is 2.68 bits per heavy atom. The molecule has 2 aliphatic rings. The minimum Gasteiger partial charge on any atom is -0.494 e. The number of ether oxygens (including phenoxy) is 1. The average molecular weight is 428 g/mol. The van der Waals surface area contributed by atoms with E-state index in [1.165, 1.54) is 6.20 Å². The zero-order valence-corrected chi connectivity index (χ0v) is 17.5. The van der Waals surface area contributed by atoms with Crippen LogP contribution in [0, 0.1) is 0 Å². The summed E-state index contributed by atoms with van der Waals surface area (Å²) in [5.41, 5.74) is 0.710. The van der Waals surface area contributed by atoms with Gasteiger partial charge in [0.2, 0.25) is 10.0 Å². The molecule has 0 aliphatic carbocycles. The van der Waals surface area contributed by atoms with Crippen molar-refractivity contribution in [2.45, 2.75) is 17.4 Å². The van der Waals surface area contributed by atoms with E-state index in [0.29, 0.717) is 30.6 Å². The molecule has 8 nitrogen and oxygen atoms in total. The van der Waals surface area contributed by atoms with E-state index in [2.05, 4.69) is 15.3 Å². The molecule has 1 N–H and O–H groups in total. The van der Waals surface area contributed by atoms with Gasteiger partial charge in [-0.05, 0) is 18.6 Å². The monoisotopic (exact) mass is 427 g/mol. The van der Waals surface area contributed by atoms with Crippen molar-refractivity contribution in [2.24, 2.45) is 0 Å². The number of nitrogens with zero attached hydrogens (tertiary/aromatic N) is 4. The predicted molar refractivity (Wildman–Crippen MR) is 109 cm³/mol. The Balaban J connectivity index is 0.00000225. The van der Waals surface area contributed by atoms with Crippen LogP contribution in [0.1, 0.15) is 6.42 Å². The van der Waals surface area contributed by atoms with Gasteiger partial charge in [0.1, 0.15) is 16.3 Å². The lowest BCUT2D eigenvalue weighted by atomic mass is 10.2. The number of sulfonamides is 1. The van der Waals surface area contributed by atoms with Crippen LogP contribution in [0.2, 0.25) is 0 Å². The highest BCUT2D eigenvalue weighted by Crippen LogP contribution is 2.26. The molecule has 0 spiro atoms. The highest BCUT2D eigenvalue weighted by Gasteiger charge is 2.36. The van der Waals surface area contributed by atoms with Crippen molar-refractivity contribution < 1.29 is 13.2 Å². The molecule has 0 amide bonds. The van der Waals surface area contributed by atoms with Crippen molar-refractivity contribution in [1.82, 2.24) is 24.3 Å². The molecule has 1 aromatic heterocycles. The Hall–Kier alpha value is -1.65. The van der Waals surface area contributed by atoms with Gasteiger partial charge in [-0.25, -0.2) is 13.1 Å². The summed E-state index contributed by atoms with van der Waals surface area (Å²) < 4.78 is 34.6. The van der Waals surface area contributed by atoms with Crippen LogP contribution >= 0.6 is 12.4 Å². The normalized spacial score (nSPS) is 21.4. The second kappa shape index (κ2) is 8.79. The summed E-state index contributed by atoms with van der Waals surface area (Å²) in [5.74, 6) is 0.643.